The van der Waals surface area contributed by atoms with Gasteiger partial charge in [-0.2, -0.15) is 0 Å². The van der Waals surface area contributed by atoms with E-state index < -0.39 is 11.6 Å². The Kier molecular flexibility index (Phi) is 4.10. The van der Waals surface area contributed by atoms with Gasteiger partial charge in [-0.05, 0) is 36.2 Å². The van der Waals surface area contributed by atoms with Gasteiger partial charge in [-0.1, -0.05) is 25.1 Å². The van der Waals surface area contributed by atoms with E-state index in [1.165, 1.54) is 30.3 Å². The number of halogens is 3. The molecule has 19 heavy (non-hydrogen) atoms. The smallest absolute Gasteiger partial charge is 0.149 e. The molecule has 0 radical (unpaired) electrons. The molecule has 0 spiro atoms. The number of para-hydroxylation sites is 1. The van der Waals surface area contributed by atoms with Crippen LogP contribution in [0.5, 0.6) is 0 Å². The Labute approximate surface area is 110 Å². The lowest BCUT2D eigenvalue weighted by atomic mass is 10.0. The summed E-state index contributed by atoms with van der Waals surface area (Å²) in [4.78, 5) is 0. The minimum Gasteiger partial charge on any atom is -0.373 e. The van der Waals surface area contributed by atoms with E-state index in [0.29, 0.717) is 12.0 Å². The quantitative estimate of drug-likeness (QED) is 0.847. The molecule has 1 unspecified atom stereocenters. The van der Waals surface area contributed by atoms with Gasteiger partial charge in [-0.15, -0.1) is 0 Å². The average molecular weight is 265 g/mol. The predicted molar refractivity (Wildman–Crippen MR) is 69.4 cm³/mol. The van der Waals surface area contributed by atoms with Crippen LogP contribution in [0.2, 0.25) is 0 Å². The Bertz CT molecular complexity index is 549. The van der Waals surface area contributed by atoms with Crippen molar-refractivity contribution in [3.63, 3.8) is 0 Å². The van der Waals surface area contributed by atoms with Crippen LogP contribution in [0.25, 0.3) is 0 Å². The van der Waals surface area contributed by atoms with E-state index in [1.54, 1.807) is 12.1 Å². The summed E-state index contributed by atoms with van der Waals surface area (Å²) in [6.45, 7) is 1.86. The molecule has 0 saturated heterocycles. The van der Waals surface area contributed by atoms with Gasteiger partial charge in [0.15, 0.2) is 0 Å². The molecular formula is C15H14F3N. The fourth-order valence-corrected chi connectivity index (χ4v) is 1.95. The molecule has 1 atom stereocenters. The lowest BCUT2D eigenvalue weighted by Gasteiger charge is -2.19. The third-order valence-corrected chi connectivity index (χ3v) is 2.94. The summed E-state index contributed by atoms with van der Waals surface area (Å²) in [7, 11) is 0. The molecule has 0 aliphatic carbocycles. The van der Waals surface area contributed by atoms with E-state index >= 15 is 0 Å². The Morgan fingerprint density at radius 2 is 1.63 bits per heavy atom. The second-order valence-electron chi connectivity index (χ2n) is 4.26. The van der Waals surface area contributed by atoms with Crippen molar-refractivity contribution >= 4 is 5.69 Å². The van der Waals surface area contributed by atoms with Crippen molar-refractivity contribution in [2.75, 3.05) is 5.32 Å². The Morgan fingerprint density at radius 3 is 2.21 bits per heavy atom. The molecule has 0 saturated carbocycles. The first kappa shape index (κ1) is 13.5. The van der Waals surface area contributed by atoms with E-state index in [1.807, 2.05) is 6.92 Å². The Hall–Kier alpha value is -1.97. The highest BCUT2D eigenvalue weighted by atomic mass is 19.1. The van der Waals surface area contributed by atoms with Crippen molar-refractivity contribution in [2.45, 2.75) is 19.4 Å². The first-order valence-corrected chi connectivity index (χ1v) is 6.08. The predicted octanol–water partition coefficient (Wildman–Crippen LogP) is 4.67. The van der Waals surface area contributed by atoms with Crippen molar-refractivity contribution in [3.8, 4) is 0 Å². The molecule has 0 fully saturated rings. The van der Waals surface area contributed by atoms with Crippen molar-refractivity contribution in [2.24, 2.45) is 0 Å². The van der Waals surface area contributed by atoms with Crippen LogP contribution in [0.1, 0.15) is 24.9 Å². The minimum atomic E-state index is -0.658. The standard InChI is InChI=1S/C15H14F3N/c1-2-14(10-5-3-6-11(16)9-10)19-15-12(17)7-4-8-13(15)18/h3-9,14,19H,2H2,1H3. The van der Waals surface area contributed by atoms with Crippen LogP contribution in [0, 0.1) is 17.5 Å². The van der Waals surface area contributed by atoms with Crippen molar-refractivity contribution in [1.82, 2.24) is 0 Å². The summed E-state index contributed by atoms with van der Waals surface area (Å²) in [6.07, 6.45) is 0.581. The minimum absolute atomic E-state index is 0.182. The van der Waals surface area contributed by atoms with Gasteiger partial charge < -0.3 is 5.32 Å². The third kappa shape index (κ3) is 3.08. The van der Waals surface area contributed by atoms with Gasteiger partial charge in [0.05, 0.1) is 6.04 Å². The first-order valence-electron chi connectivity index (χ1n) is 6.08. The zero-order valence-electron chi connectivity index (χ0n) is 10.5. The van der Waals surface area contributed by atoms with E-state index in [2.05, 4.69) is 5.32 Å². The van der Waals surface area contributed by atoms with Gasteiger partial charge in [-0.25, -0.2) is 13.2 Å². The van der Waals surface area contributed by atoms with Crippen LogP contribution < -0.4 is 5.32 Å². The van der Waals surface area contributed by atoms with E-state index in [4.69, 9.17) is 0 Å². The molecule has 0 aliphatic heterocycles. The number of anilines is 1. The maximum absolute atomic E-state index is 13.6. The SMILES string of the molecule is CCC(Nc1c(F)cccc1F)c1cccc(F)c1. The summed E-state index contributed by atoms with van der Waals surface area (Å²) in [5, 5.41) is 2.79. The molecule has 4 heteroatoms. The molecule has 0 heterocycles. The summed E-state index contributed by atoms with van der Waals surface area (Å²) in [6, 6.07) is 9.32. The normalized spacial score (nSPS) is 12.2. The summed E-state index contributed by atoms with van der Waals surface area (Å²) >= 11 is 0. The number of benzene rings is 2. The monoisotopic (exact) mass is 265 g/mol. The molecule has 1 N–H and O–H groups in total. The fraction of sp³-hybridized carbons (Fsp3) is 0.200. The van der Waals surface area contributed by atoms with Crippen molar-refractivity contribution in [1.29, 1.82) is 0 Å². The van der Waals surface area contributed by atoms with Gasteiger partial charge in [0, 0.05) is 0 Å². The molecule has 0 amide bonds. The Morgan fingerprint density at radius 1 is 1.00 bits per heavy atom. The molecule has 1 nitrogen and oxygen atoms in total. The highest BCUT2D eigenvalue weighted by Gasteiger charge is 2.15. The van der Waals surface area contributed by atoms with E-state index in [0.717, 1.165) is 0 Å². The molecule has 2 aromatic rings. The van der Waals surface area contributed by atoms with Crippen LogP contribution in [0.3, 0.4) is 0 Å². The van der Waals surface area contributed by atoms with Crippen LogP contribution in [0.4, 0.5) is 18.9 Å². The second-order valence-corrected chi connectivity index (χ2v) is 4.26. The first-order chi connectivity index (χ1) is 9.11. The van der Waals surface area contributed by atoms with Gasteiger partial charge in [0.1, 0.15) is 23.1 Å². The van der Waals surface area contributed by atoms with Crippen LogP contribution in [-0.2, 0) is 0 Å². The van der Waals surface area contributed by atoms with Crippen LogP contribution in [0.15, 0.2) is 42.5 Å². The number of nitrogens with one attached hydrogen (secondary N) is 1. The van der Waals surface area contributed by atoms with E-state index in [9.17, 15) is 13.2 Å². The fourth-order valence-electron chi connectivity index (χ4n) is 1.95. The summed E-state index contributed by atoms with van der Waals surface area (Å²) in [5.41, 5.74) is 0.476. The van der Waals surface area contributed by atoms with Crippen LogP contribution >= 0.6 is 0 Å². The van der Waals surface area contributed by atoms with Gasteiger partial charge in [0.2, 0.25) is 0 Å². The molecule has 0 bridgehead atoms. The highest BCUT2D eigenvalue weighted by Crippen LogP contribution is 2.26. The topological polar surface area (TPSA) is 12.0 Å². The largest absolute Gasteiger partial charge is 0.373 e. The average Bonchev–Trinajstić information content (AvgIpc) is 2.38. The maximum Gasteiger partial charge on any atom is 0.149 e. The zero-order valence-corrected chi connectivity index (χ0v) is 10.5. The van der Waals surface area contributed by atoms with Gasteiger partial charge in [0.25, 0.3) is 0 Å². The lowest BCUT2D eigenvalue weighted by Crippen LogP contribution is -2.12. The summed E-state index contributed by atoms with van der Waals surface area (Å²) in [5.74, 6) is -1.68. The number of rotatable bonds is 4. The molecule has 2 rings (SSSR count). The molecule has 0 aromatic heterocycles. The Balaban J connectivity index is 2.29. The number of hydrogen-bond donors (Lipinski definition) is 1. The second kappa shape index (κ2) is 5.78. The van der Waals surface area contributed by atoms with Crippen LogP contribution in [-0.4, -0.2) is 0 Å². The molecule has 0 aliphatic rings. The van der Waals surface area contributed by atoms with Crippen molar-refractivity contribution in [3.05, 3.63) is 65.5 Å². The van der Waals surface area contributed by atoms with E-state index in [-0.39, 0.29) is 17.5 Å². The molecular weight excluding hydrogens is 251 g/mol. The zero-order chi connectivity index (χ0) is 13.8. The molecule has 100 valence electrons. The van der Waals surface area contributed by atoms with Gasteiger partial charge >= 0.3 is 0 Å². The third-order valence-electron chi connectivity index (χ3n) is 2.94. The van der Waals surface area contributed by atoms with Crippen molar-refractivity contribution < 1.29 is 13.2 Å². The summed E-state index contributed by atoms with van der Waals surface area (Å²) < 4.78 is 40.3. The van der Waals surface area contributed by atoms with Gasteiger partial charge in [-0.3, -0.25) is 0 Å². The highest BCUT2D eigenvalue weighted by molar-refractivity contribution is 5.48. The lowest BCUT2D eigenvalue weighted by molar-refractivity contribution is 0.579. The number of hydrogen-bond acceptors (Lipinski definition) is 1. The molecule has 2 aromatic carbocycles. The maximum atomic E-state index is 13.6.